The number of hydrogen-bond donors (Lipinski definition) is 1. The Balaban J connectivity index is 1.61. The number of aryl methyl sites for hydroxylation is 1. The van der Waals surface area contributed by atoms with Gasteiger partial charge in [-0.15, -0.1) is 11.3 Å². The number of fused-ring (bicyclic) bond motifs is 1. The summed E-state index contributed by atoms with van der Waals surface area (Å²) in [5.74, 6) is -0.569. The normalized spacial score (nSPS) is 15.7. The molecular formula is C23H20F3N3O3S. The SMILES string of the molecule is CCC1Oc2ccc(-c3csc(C)n3)cc2N(CC(=O)Nc2cccc(C(F)(F)F)c2)C1=O. The molecule has 1 aromatic heterocycles. The van der Waals surface area contributed by atoms with E-state index in [1.165, 1.54) is 28.4 Å². The molecule has 2 aromatic carbocycles. The number of halogens is 3. The molecule has 0 saturated heterocycles. The van der Waals surface area contributed by atoms with E-state index >= 15 is 0 Å². The molecule has 4 rings (SSSR count). The van der Waals surface area contributed by atoms with Gasteiger partial charge in [-0.3, -0.25) is 14.5 Å². The fourth-order valence-electron chi connectivity index (χ4n) is 3.52. The summed E-state index contributed by atoms with van der Waals surface area (Å²) in [5.41, 5.74) is 1.02. The van der Waals surface area contributed by atoms with Crippen LogP contribution in [0.2, 0.25) is 0 Å². The van der Waals surface area contributed by atoms with Crippen LogP contribution in [0.4, 0.5) is 24.5 Å². The number of ether oxygens (including phenoxy) is 1. The van der Waals surface area contributed by atoms with Crippen molar-refractivity contribution in [3.05, 3.63) is 58.4 Å². The number of carbonyl (C=O) groups is 2. The number of hydrogen-bond acceptors (Lipinski definition) is 5. The van der Waals surface area contributed by atoms with Crippen LogP contribution in [-0.4, -0.2) is 29.4 Å². The summed E-state index contributed by atoms with van der Waals surface area (Å²) in [6.07, 6.45) is -4.89. The van der Waals surface area contributed by atoms with E-state index in [2.05, 4.69) is 10.3 Å². The van der Waals surface area contributed by atoms with Crippen LogP contribution in [-0.2, 0) is 15.8 Å². The average Bonchev–Trinajstić information content (AvgIpc) is 3.21. The number of nitrogens with zero attached hydrogens (tertiary/aromatic N) is 2. The van der Waals surface area contributed by atoms with Crippen molar-refractivity contribution in [3.8, 4) is 17.0 Å². The maximum Gasteiger partial charge on any atom is 0.416 e. The second-order valence-corrected chi connectivity index (χ2v) is 8.56. The Morgan fingerprint density at radius 2 is 2.03 bits per heavy atom. The summed E-state index contributed by atoms with van der Waals surface area (Å²) in [4.78, 5) is 31.5. The largest absolute Gasteiger partial charge is 0.478 e. The van der Waals surface area contributed by atoms with E-state index in [4.69, 9.17) is 4.74 Å². The van der Waals surface area contributed by atoms with Crippen LogP contribution in [0.5, 0.6) is 5.75 Å². The van der Waals surface area contributed by atoms with Gasteiger partial charge in [0.05, 0.1) is 22.0 Å². The number of rotatable bonds is 5. The van der Waals surface area contributed by atoms with Crippen molar-refractivity contribution in [2.45, 2.75) is 32.5 Å². The highest BCUT2D eigenvalue weighted by molar-refractivity contribution is 7.09. The zero-order valence-electron chi connectivity index (χ0n) is 17.8. The Hall–Kier alpha value is -3.40. The van der Waals surface area contributed by atoms with E-state index in [0.29, 0.717) is 17.9 Å². The van der Waals surface area contributed by atoms with Crippen molar-refractivity contribution in [1.82, 2.24) is 4.98 Å². The quantitative estimate of drug-likeness (QED) is 0.545. The lowest BCUT2D eigenvalue weighted by molar-refractivity contribution is -0.137. The molecule has 1 aliphatic rings. The summed E-state index contributed by atoms with van der Waals surface area (Å²) in [6.45, 7) is 3.30. The fraction of sp³-hybridized carbons (Fsp3) is 0.261. The lowest BCUT2D eigenvalue weighted by Gasteiger charge is -2.34. The molecule has 0 saturated carbocycles. The standard InChI is InChI=1S/C23H20F3N3O3S/c1-3-19-22(31)29(11-21(30)28-16-6-4-5-15(10-16)23(24,25)26)18-9-14(7-8-20(18)32-19)17-12-33-13(2)27-17/h4-10,12,19H,3,11H2,1-2H3,(H,28,30). The number of benzene rings is 2. The first-order valence-corrected chi connectivity index (χ1v) is 11.1. The van der Waals surface area contributed by atoms with E-state index in [-0.39, 0.29) is 12.2 Å². The van der Waals surface area contributed by atoms with Gasteiger partial charge < -0.3 is 10.1 Å². The first kappa shape index (κ1) is 22.8. The third kappa shape index (κ3) is 4.85. The smallest absolute Gasteiger partial charge is 0.416 e. The molecule has 0 bridgehead atoms. The first-order chi connectivity index (χ1) is 15.7. The van der Waals surface area contributed by atoms with Gasteiger partial charge in [-0.25, -0.2) is 4.98 Å². The molecule has 0 aliphatic carbocycles. The molecule has 3 aromatic rings. The van der Waals surface area contributed by atoms with Crippen LogP contribution in [0.1, 0.15) is 23.9 Å². The van der Waals surface area contributed by atoms with E-state index in [0.717, 1.165) is 28.4 Å². The molecule has 172 valence electrons. The molecule has 1 unspecified atom stereocenters. The molecule has 1 aliphatic heterocycles. The highest BCUT2D eigenvalue weighted by Crippen LogP contribution is 2.38. The fourth-order valence-corrected chi connectivity index (χ4v) is 4.14. The van der Waals surface area contributed by atoms with Crippen LogP contribution in [0, 0.1) is 6.92 Å². The molecule has 0 spiro atoms. The molecule has 1 atom stereocenters. The highest BCUT2D eigenvalue weighted by atomic mass is 32.1. The number of aromatic nitrogens is 1. The monoisotopic (exact) mass is 475 g/mol. The minimum absolute atomic E-state index is 0.00509. The van der Waals surface area contributed by atoms with Gasteiger partial charge in [-0.05, 0) is 49.7 Å². The minimum Gasteiger partial charge on any atom is -0.478 e. The summed E-state index contributed by atoms with van der Waals surface area (Å²) in [7, 11) is 0. The molecule has 0 radical (unpaired) electrons. The number of amides is 2. The molecule has 0 fully saturated rings. The van der Waals surface area contributed by atoms with Gasteiger partial charge >= 0.3 is 6.18 Å². The maximum absolute atomic E-state index is 13.0. The van der Waals surface area contributed by atoms with E-state index in [9.17, 15) is 22.8 Å². The zero-order chi connectivity index (χ0) is 23.8. The van der Waals surface area contributed by atoms with E-state index < -0.39 is 29.7 Å². The van der Waals surface area contributed by atoms with E-state index in [1.54, 1.807) is 19.1 Å². The number of thiazole rings is 1. The molecular weight excluding hydrogens is 455 g/mol. The number of alkyl halides is 3. The van der Waals surface area contributed by atoms with Crippen molar-refractivity contribution < 1.29 is 27.5 Å². The molecule has 2 amide bonds. The van der Waals surface area contributed by atoms with Crippen LogP contribution >= 0.6 is 11.3 Å². The Kier molecular flexibility index (Phi) is 6.11. The molecule has 2 heterocycles. The molecule has 33 heavy (non-hydrogen) atoms. The van der Waals surface area contributed by atoms with Gasteiger partial charge in [0.1, 0.15) is 12.3 Å². The summed E-state index contributed by atoms with van der Waals surface area (Å²) >= 11 is 1.49. The minimum atomic E-state index is -4.53. The van der Waals surface area contributed by atoms with Crippen LogP contribution in [0.3, 0.4) is 0 Å². The topological polar surface area (TPSA) is 71.5 Å². The molecule has 10 heteroatoms. The second-order valence-electron chi connectivity index (χ2n) is 7.50. The van der Waals surface area contributed by atoms with Gasteiger partial charge in [0, 0.05) is 16.6 Å². The third-order valence-corrected chi connectivity index (χ3v) is 5.89. The van der Waals surface area contributed by atoms with Crippen molar-refractivity contribution in [1.29, 1.82) is 0 Å². The Morgan fingerprint density at radius 3 is 2.70 bits per heavy atom. The van der Waals surface area contributed by atoms with Crippen LogP contribution in [0.25, 0.3) is 11.3 Å². The summed E-state index contributed by atoms with van der Waals surface area (Å²) in [6, 6.07) is 9.63. The summed E-state index contributed by atoms with van der Waals surface area (Å²) < 4.78 is 44.7. The zero-order valence-corrected chi connectivity index (χ0v) is 18.6. The maximum atomic E-state index is 13.0. The van der Waals surface area contributed by atoms with Gasteiger partial charge in [0.25, 0.3) is 5.91 Å². The van der Waals surface area contributed by atoms with Gasteiger partial charge in [0.2, 0.25) is 5.91 Å². The second kappa shape index (κ2) is 8.86. The van der Waals surface area contributed by atoms with Crippen LogP contribution < -0.4 is 15.0 Å². The van der Waals surface area contributed by atoms with Crippen molar-refractivity contribution in [2.24, 2.45) is 0 Å². The van der Waals surface area contributed by atoms with Gasteiger partial charge in [-0.2, -0.15) is 13.2 Å². The lowest BCUT2D eigenvalue weighted by Crippen LogP contribution is -2.48. The number of nitrogens with one attached hydrogen (secondary N) is 1. The Morgan fingerprint density at radius 1 is 1.24 bits per heavy atom. The Bertz CT molecular complexity index is 1210. The van der Waals surface area contributed by atoms with Gasteiger partial charge in [0.15, 0.2) is 6.10 Å². The van der Waals surface area contributed by atoms with Crippen molar-refractivity contribution in [3.63, 3.8) is 0 Å². The predicted octanol–water partition coefficient (Wildman–Crippen LogP) is 5.28. The highest BCUT2D eigenvalue weighted by Gasteiger charge is 2.35. The van der Waals surface area contributed by atoms with Crippen molar-refractivity contribution in [2.75, 3.05) is 16.8 Å². The third-order valence-electron chi connectivity index (χ3n) is 5.12. The first-order valence-electron chi connectivity index (χ1n) is 10.2. The van der Waals surface area contributed by atoms with E-state index in [1.807, 2.05) is 18.4 Å². The van der Waals surface area contributed by atoms with Crippen LogP contribution in [0.15, 0.2) is 47.8 Å². The average molecular weight is 475 g/mol. The lowest BCUT2D eigenvalue weighted by atomic mass is 10.1. The predicted molar refractivity (Wildman–Crippen MR) is 119 cm³/mol. The van der Waals surface area contributed by atoms with Gasteiger partial charge in [-0.1, -0.05) is 13.0 Å². The number of anilines is 2. The summed E-state index contributed by atoms with van der Waals surface area (Å²) in [5, 5.41) is 5.23. The molecule has 6 nitrogen and oxygen atoms in total. The Labute approximate surface area is 192 Å². The number of carbonyl (C=O) groups excluding carboxylic acids is 2. The molecule has 1 N–H and O–H groups in total. The van der Waals surface area contributed by atoms with Crippen molar-refractivity contribution >= 4 is 34.5 Å².